The van der Waals surface area contributed by atoms with Gasteiger partial charge in [0.25, 0.3) is 5.91 Å². The van der Waals surface area contributed by atoms with Gasteiger partial charge in [0.2, 0.25) is 10.0 Å². The second-order valence-corrected chi connectivity index (χ2v) is 9.20. The lowest BCUT2D eigenvalue weighted by Gasteiger charge is -2.10. The maximum atomic E-state index is 12.6. The van der Waals surface area contributed by atoms with Crippen molar-refractivity contribution in [3.8, 4) is 5.75 Å². The third kappa shape index (κ3) is 7.72. The maximum Gasteiger partial charge on any atom is 0.338 e. The van der Waals surface area contributed by atoms with Crippen molar-refractivity contribution in [2.24, 2.45) is 0 Å². The van der Waals surface area contributed by atoms with Crippen LogP contribution in [0.15, 0.2) is 83.8 Å². The van der Waals surface area contributed by atoms with Crippen LogP contribution in [0.2, 0.25) is 0 Å². The van der Waals surface area contributed by atoms with E-state index in [0.717, 1.165) is 11.1 Å². The molecule has 0 unspecified atom stereocenters. The van der Waals surface area contributed by atoms with Crippen molar-refractivity contribution in [3.05, 3.63) is 95.6 Å². The summed E-state index contributed by atoms with van der Waals surface area (Å²) < 4.78 is 38.2. The predicted octanol–water partition coefficient (Wildman–Crippen LogP) is 2.83. The molecule has 0 heterocycles. The second-order valence-electron chi connectivity index (χ2n) is 7.43. The Labute approximate surface area is 199 Å². The van der Waals surface area contributed by atoms with Gasteiger partial charge in [0, 0.05) is 6.54 Å². The minimum Gasteiger partial charge on any atom is -0.492 e. The fourth-order valence-corrected chi connectivity index (χ4v) is 4.04. The lowest BCUT2D eigenvalue weighted by atomic mass is 10.2. The van der Waals surface area contributed by atoms with Gasteiger partial charge in [-0.15, -0.1) is 0 Å². The van der Waals surface area contributed by atoms with Crippen molar-refractivity contribution in [1.82, 2.24) is 10.0 Å². The number of nitrogens with one attached hydrogen (secondary N) is 2. The Bertz CT molecular complexity index is 1230. The molecule has 3 aromatic carbocycles. The molecule has 8 nitrogen and oxygen atoms in total. The number of sulfonamides is 1. The Morgan fingerprint density at radius 3 is 2.44 bits per heavy atom. The number of ether oxygens (including phenoxy) is 2. The van der Waals surface area contributed by atoms with Gasteiger partial charge in [0.05, 0.1) is 17.0 Å². The lowest BCUT2D eigenvalue weighted by molar-refractivity contribution is -0.124. The molecule has 0 aliphatic heterocycles. The molecule has 1 amide bonds. The van der Waals surface area contributed by atoms with E-state index in [2.05, 4.69) is 10.0 Å². The number of esters is 1. The highest BCUT2D eigenvalue weighted by atomic mass is 32.2. The highest BCUT2D eigenvalue weighted by molar-refractivity contribution is 7.89. The zero-order chi connectivity index (χ0) is 24.4. The van der Waals surface area contributed by atoms with Gasteiger partial charge in [-0.25, -0.2) is 17.9 Å². The molecule has 0 saturated heterocycles. The molecule has 0 saturated carbocycles. The average Bonchev–Trinajstić information content (AvgIpc) is 2.85. The van der Waals surface area contributed by atoms with Gasteiger partial charge in [-0.1, -0.05) is 48.5 Å². The van der Waals surface area contributed by atoms with Gasteiger partial charge >= 0.3 is 5.97 Å². The molecule has 3 aromatic rings. The van der Waals surface area contributed by atoms with Crippen LogP contribution in [0.4, 0.5) is 0 Å². The zero-order valence-electron chi connectivity index (χ0n) is 18.7. The number of benzene rings is 3. The molecule has 0 aromatic heterocycles. The highest BCUT2D eigenvalue weighted by Gasteiger charge is 2.17. The Morgan fingerprint density at radius 1 is 0.912 bits per heavy atom. The van der Waals surface area contributed by atoms with E-state index in [0.29, 0.717) is 5.75 Å². The van der Waals surface area contributed by atoms with Crippen LogP contribution in [0.25, 0.3) is 0 Å². The summed E-state index contributed by atoms with van der Waals surface area (Å²) in [6.45, 7) is 2.08. The van der Waals surface area contributed by atoms with E-state index >= 15 is 0 Å². The number of aryl methyl sites for hydroxylation is 1. The van der Waals surface area contributed by atoms with E-state index in [4.69, 9.17) is 9.47 Å². The van der Waals surface area contributed by atoms with Crippen molar-refractivity contribution in [3.63, 3.8) is 0 Å². The smallest absolute Gasteiger partial charge is 0.338 e. The number of carbonyl (C=O) groups excluding carboxylic acids is 2. The Balaban J connectivity index is 1.45. The first-order valence-corrected chi connectivity index (χ1v) is 12.1. The molecule has 0 atom stereocenters. The maximum absolute atomic E-state index is 12.6. The minimum atomic E-state index is -3.84. The quantitative estimate of drug-likeness (QED) is 0.321. The van der Waals surface area contributed by atoms with E-state index in [1.165, 1.54) is 24.3 Å². The van der Waals surface area contributed by atoms with Gasteiger partial charge in [0.15, 0.2) is 6.61 Å². The van der Waals surface area contributed by atoms with Crippen LogP contribution in [0.1, 0.15) is 21.5 Å². The summed E-state index contributed by atoms with van der Waals surface area (Å²) in [5, 5.41) is 2.60. The van der Waals surface area contributed by atoms with E-state index < -0.39 is 28.5 Å². The molecule has 0 spiro atoms. The molecule has 0 radical (unpaired) electrons. The summed E-state index contributed by atoms with van der Waals surface area (Å²) in [5.74, 6) is -0.588. The van der Waals surface area contributed by atoms with Crippen molar-refractivity contribution in [1.29, 1.82) is 0 Å². The number of amides is 1. The summed E-state index contributed by atoms with van der Waals surface area (Å²) in [6.07, 6.45) is 0. The van der Waals surface area contributed by atoms with Crippen LogP contribution in [0.5, 0.6) is 5.75 Å². The van der Waals surface area contributed by atoms with Gasteiger partial charge < -0.3 is 14.8 Å². The fraction of sp³-hybridized carbons (Fsp3) is 0.200. The van der Waals surface area contributed by atoms with Crippen LogP contribution in [0, 0.1) is 6.92 Å². The third-order valence-corrected chi connectivity index (χ3v) is 6.10. The molecule has 3 rings (SSSR count). The standard InChI is InChI=1S/C25H26N2O6S/c1-19-7-5-11-22(15-19)32-14-13-26-24(28)18-33-25(29)21-10-6-12-23(16-21)34(30,31)27-17-20-8-3-2-4-9-20/h2-12,15-16,27H,13-14,17-18H2,1H3,(H,26,28). The summed E-state index contributed by atoms with van der Waals surface area (Å²) in [7, 11) is -3.84. The van der Waals surface area contributed by atoms with Gasteiger partial charge in [0.1, 0.15) is 12.4 Å². The van der Waals surface area contributed by atoms with Gasteiger partial charge in [-0.3, -0.25) is 4.79 Å². The number of carbonyl (C=O) groups is 2. The van der Waals surface area contributed by atoms with Crippen LogP contribution < -0.4 is 14.8 Å². The Kier molecular flexibility index (Phi) is 8.78. The summed E-state index contributed by atoms with van der Waals surface area (Å²) in [5.41, 5.74) is 1.90. The molecule has 178 valence electrons. The molecule has 2 N–H and O–H groups in total. The van der Waals surface area contributed by atoms with Crippen LogP contribution in [0.3, 0.4) is 0 Å². The molecule has 0 aliphatic rings. The largest absolute Gasteiger partial charge is 0.492 e. The monoisotopic (exact) mass is 482 g/mol. The molecular formula is C25H26N2O6S. The topological polar surface area (TPSA) is 111 Å². The van der Waals surface area contributed by atoms with Crippen LogP contribution in [-0.2, 0) is 26.1 Å². The fourth-order valence-electron chi connectivity index (χ4n) is 2.98. The first kappa shape index (κ1) is 24.9. The molecule has 0 aliphatic carbocycles. The summed E-state index contributed by atoms with van der Waals surface area (Å²) in [4.78, 5) is 24.2. The minimum absolute atomic E-state index is 0.0261. The van der Waals surface area contributed by atoms with Crippen molar-refractivity contribution in [2.45, 2.75) is 18.4 Å². The summed E-state index contributed by atoms with van der Waals surface area (Å²) >= 11 is 0. The number of hydrogen-bond acceptors (Lipinski definition) is 6. The molecule has 0 fully saturated rings. The normalized spacial score (nSPS) is 11.0. The van der Waals surface area contributed by atoms with Crippen LogP contribution in [-0.4, -0.2) is 40.1 Å². The number of rotatable bonds is 11. The van der Waals surface area contributed by atoms with Crippen molar-refractivity contribution < 1.29 is 27.5 Å². The van der Waals surface area contributed by atoms with Crippen molar-refractivity contribution >= 4 is 21.9 Å². The summed E-state index contributed by atoms with van der Waals surface area (Å²) in [6, 6.07) is 22.1. The third-order valence-electron chi connectivity index (χ3n) is 4.71. The average molecular weight is 483 g/mol. The molecule has 34 heavy (non-hydrogen) atoms. The van der Waals surface area contributed by atoms with Gasteiger partial charge in [-0.05, 0) is 48.4 Å². The SMILES string of the molecule is Cc1cccc(OCCNC(=O)COC(=O)c2cccc(S(=O)(=O)NCc3ccccc3)c2)c1. The Hall–Kier alpha value is -3.69. The van der Waals surface area contributed by atoms with E-state index in [9.17, 15) is 18.0 Å². The predicted molar refractivity (Wildman–Crippen MR) is 127 cm³/mol. The second kappa shape index (κ2) is 12.0. The van der Waals surface area contributed by atoms with E-state index in [-0.39, 0.29) is 30.2 Å². The lowest BCUT2D eigenvalue weighted by Crippen LogP contribution is -2.32. The Morgan fingerprint density at radius 2 is 1.68 bits per heavy atom. The van der Waals surface area contributed by atoms with E-state index in [1.807, 2.05) is 49.4 Å². The first-order valence-electron chi connectivity index (χ1n) is 10.6. The zero-order valence-corrected chi connectivity index (χ0v) is 19.5. The highest BCUT2D eigenvalue weighted by Crippen LogP contribution is 2.14. The van der Waals surface area contributed by atoms with Crippen LogP contribution >= 0.6 is 0 Å². The van der Waals surface area contributed by atoms with E-state index in [1.54, 1.807) is 12.1 Å². The number of hydrogen-bond donors (Lipinski definition) is 2. The molecule has 0 bridgehead atoms. The van der Waals surface area contributed by atoms with Gasteiger partial charge in [-0.2, -0.15) is 0 Å². The first-order chi connectivity index (χ1) is 16.3. The molecule has 9 heteroatoms. The molecular weight excluding hydrogens is 456 g/mol. The van der Waals surface area contributed by atoms with Crippen molar-refractivity contribution in [2.75, 3.05) is 19.8 Å².